The molecule has 1 N–H and O–H groups in total. The maximum atomic E-state index is 12.8. The molecule has 0 bridgehead atoms. The molecular weight excluding hydrogens is 324 g/mol. The van der Waals surface area contributed by atoms with Crippen molar-refractivity contribution in [3.05, 3.63) is 23.9 Å². The lowest BCUT2D eigenvalue weighted by Crippen LogP contribution is -2.43. The Morgan fingerprint density at radius 3 is 2.75 bits per heavy atom. The van der Waals surface area contributed by atoms with Crippen molar-refractivity contribution in [2.75, 3.05) is 24.7 Å². The van der Waals surface area contributed by atoms with E-state index in [0.29, 0.717) is 18.0 Å². The lowest BCUT2D eigenvalue weighted by atomic mass is 9.93. The molecule has 5 nitrogen and oxygen atoms in total. The standard InChI is InChI=1S/C18H26N2O3S/c21-10-9-20(15-4-2-1-3-5-15)18(22)14-6-7-17(19-12-14)23-16-8-11-24-13-16/h6-7,12,15-16,21H,1-5,8-11,13H2. The van der Waals surface area contributed by atoms with Gasteiger partial charge in [0.25, 0.3) is 5.91 Å². The molecule has 1 atom stereocenters. The highest BCUT2D eigenvalue weighted by Gasteiger charge is 2.26. The summed E-state index contributed by atoms with van der Waals surface area (Å²) in [5.74, 6) is 2.70. The Hall–Kier alpha value is -1.27. The van der Waals surface area contributed by atoms with Gasteiger partial charge in [-0.1, -0.05) is 19.3 Å². The lowest BCUT2D eigenvalue weighted by Gasteiger charge is -2.34. The van der Waals surface area contributed by atoms with Crippen molar-refractivity contribution in [2.45, 2.75) is 50.7 Å². The number of amides is 1. The predicted molar refractivity (Wildman–Crippen MR) is 95.6 cm³/mol. The topological polar surface area (TPSA) is 62.7 Å². The number of rotatable bonds is 6. The monoisotopic (exact) mass is 350 g/mol. The number of pyridine rings is 1. The highest BCUT2D eigenvalue weighted by Crippen LogP contribution is 2.25. The first-order valence-electron chi connectivity index (χ1n) is 8.90. The van der Waals surface area contributed by atoms with E-state index in [4.69, 9.17) is 4.74 Å². The summed E-state index contributed by atoms with van der Waals surface area (Å²) in [7, 11) is 0. The normalized spacial score (nSPS) is 21.6. The van der Waals surface area contributed by atoms with Gasteiger partial charge in [-0.05, 0) is 31.1 Å². The van der Waals surface area contributed by atoms with Crippen LogP contribution in [-0.4, -0.2) is 57.7 Å². The van der Waals surface area contributed by atoms with Crippen LogP contribution in [0.3, 0.4) is 0 Å². The smallest absolute Gasteiger partial charge is 0.255 e. The zero-order valence-electron chi connectivity index (χ0n) is 14.0. The second-order valence-corrected chi connectivity index (χ2v) is 7.65. The molecule has 132 valence electrons. The van der Waals surface area contributed by atoms with E-state index in [1.807, 2.05) is 16.7 Å². The van der Waals surface area contributed by atoms with Crippen molar-refractivity contribution in [1.82, 2.24) is 9.88 Å². The fraction of sp³-hybridized carbons (Fsp3) is 0.667. The summed E-state index contributed by atoms with van der Waals surface area (Å²) in [5.41, 5.74) is 0.571. The molecule has 1 aromatic heterocycles. The molecule has 6 heteroatoms. The van der Waals surface area contributed by atoms with Crippen molar-refractivity contribution in [3.8, 4) is 5.88 Å². The molecule has 3 rings (SSSR count). The molecule has 2 aliphatic rings. The number of nitrogens with zero attached hydrogens (tertiary/aromatic N) is 2. The van der Waals surface area contributed by atoms with E-state index in [9.17, 15) is 9.90 Å². The number of carbonyl (C=O) groups excluding carboxylic acids is 1. The predicted octanol–water partition coefficient (Wildman–Crippen LogP) is 2.73. The summed E-state index contributed by atoms with van der Waals surface area (Å²) in [6.07, 6.45) is 8.50. The largest absolute Gasteiger partial charge is 0.473 e. The van der Waals surface area contributed by atoms with Crippen LogP contribution in [0.1, 0.15) is 48.9 Å². The lowest BCUT2D eigenvalue weighted by molar-refractivity contribution is 0.0585. The fourth-order valence-electron chi connectivity index (χ4n) is 3.47. The van der Waals surface area contributed by atoms with Crippen LogP contribution in [0.5, 0.6) is 5.88 Å². The number of hydrogen-bond acceptors (Lipinski definition) is 5. The first-order valence-corrected chi connectivity index (χ1v) is 10.1. The van der Waals surface area contributed by atoms with Crippen molar-refractivity contribution in [2.24, 2.45) is 0 Å². The number of thioether (sulfide) groups is 1. The highest BCUT2D eigenvalue weighted by atomic mass is 32.2. The van der Waals surface area contributed by atoms with E-state index in [1.165, 1.54) is 6.42 Å². The number of hydrogen-bond donors (Lipinski definition) is 1. The molecule has 0 radical (unpaired) electrons. The molecule has 1 aliphatic heterocycles. The minimum atomic E-state index is -0.0357. The second-order valence-electron chi connectivity index (χ2n) is 6.50. The van der Waals surface area contributed by atoms with Crippen molar-refractivity contribution in [1.29, 1.82) is 0 Å². The SMILES string of the molecule is O=C(c1ccc(OC2CCSC2)nc1)N(CCO)C1CCCCC1. The molecule has 1 aliphatic carbocycles. The first kappa shape index (κ1) is 17.5. The van der Waals surface area contributed by atoms with E-state index in [2.05, 4.69) is 4.98 Å². The second kappa shape index (κ2) is 8.72. The molecule has 2 heterocycles. The summed E-state index contributed by atoms with van der Waals surface area (Å²) in [4.78, 5) is 19.0. The van der Waals surface area contributed by atoms with Crippen molar-refractivity contribution >= 4 is 17.7 Å². The van der Waals surface area contributed by atoms with Gasteiger partial charge in [-0.2, -0.15) is 11.8 Å². The average molecular weight is 350 g/mol. The third kappa shape index (κ3) is 4.42. The third-order valence-corrected chi connectivity index (χ3v) is 5.91. The Balaban J connectivity index is 1.65. The van der Waals surface area contributed by atoms with Crippen LogP contribution < -0.4 is 4.74 Å². The van der Waals surface area contributed by atoms with Crippen LogP contribution in [-0.2, 0) is 0 Å². The highest BCUT2D eigenvalue weighted by molar-refractivity contribution is 7.99. The van der Waals surface area contributed by atoms with E-state index < -0.39 is 0 Å². The average Bonchev–Trinajstić information content (AvgIpc) is 3.13. The molecule has 1 unspecified atom stereocenters. The van der Waals surface area contributed by atoms with E-state index in [-0.39, 0.29) is 24.7 Å². The zero-order valence-corrected chi connectivity index (χ0v) is 14.8. The Morgan fingerprint density at radius 1 is 1.29 bits per heavy atom. The van der Waals surface area contributed by atoms with Crippen LogP contribution in [0.15, 0.2) is 18.3 Å². The first-order chi connectivity index (χ1) is 11.8. The number of aliphatic hydroxyl groups excluding tert-OH is 1. The molecule has 1 aromatic rings. The molecular formula is C18H26N2O3S. The summed E-state index contributed by atoms with van der Waals surface area (Å²) in [6.45, 7) is 0.386. The van der Waals surface area contributed by atoms with Gasteiger partial charge in [0.1, 0.15) is 6.10 Å². The molecule has 24 heavy (non-hydrogen) atoms. The molecule has 0 spiro atoms. The maximum absolute atomic E-state index is 12.8. The summed E-state index contributed by atoms with van der Waals surface area (Å²) < 4.78 is 5.84. The summed E-state index contributed by atoms with van der Waals surface area (Å²) >= 11 is 1.90. The van der Waals surface area contributed by atoms with Crippen LogP contribution in [0.25, 0.3) is 0 Å². The van der Waals surface area contributed by atoms with Crippen molar-refractivity contribution < 1.29 is 14.6 Å². The fourth-order valence-corrected chi connectivity index (χ4v) is 4.56. The van der Waals surface area contributed by atoms with Gasteiger partial charge in [-0.25, -0.2) is 4.98 Å². The van der Waals surface area contributed by atoms with Crippen LogP contribution in [0.2, 0.25) is 0 Å². The summed E-state index contributed by atoms with van der Waals surface area (Å²) in [6, 6.07) is 3.82. The van der Waals surface area contributed by atoms with Crippen LogP contribution >= 0.6 is 11.8 Å². The Labute approximate surface area is 147 Å². The number of carbonyl (C=O) groups is 1. The quantitative estimate of drug-likeness (QED) is 0.855. The molecule has 1 saturated heterocycles. The third-order valence-electron chi connectivity index (χ3n) is 4.78. The van der Waals surface area contributed by atoms with Gasteiger partial charge in [0, 0.05) is 30.6 Å². The van der Waals surface area contributed by atoms with Gasteiger partial charge >= 0.3 is 0 Å². The molecule has 1 amide bonds. The van der Waals surface area contributed by atoms with Gasteiger partial charge in [-0.3, -0.25) is 4.79 Å². The Morgan fingerprint density at radius 2 is 2.12 bits per heavy atom. The van der Waals surface area contributed by atoms with E-state index >= 15 is 0 Å². The number of aliphatic hydroxyl groups is 1. The van der Waals surface area contributed by atoms with Crippen LogP contribution in [0.4, 0.5) is 0 Å². The Bertz CT molecular complexity index is 526. The van der Waals surface area contributed by atoms with Gasteiger partial charge in [-0.15, -0.1) is 0 Å². The van der Waals surface area contributed by atoms with Gasteiger partial charge in [0.05, 0.1) is 12.2 Å². The molecule has 0 aromatic carbocycles. The Kier molecular flexibility index (Phi) is 6.37. The van der Waals surface area contributed by atoms with Gasteiger partial charge in [0.2, 0.25) is 5.88 Å². The summed E-state index contributed by atoms with van der Waals surface area (Å²) in [5, 5.41) is 9.34. The minimum absolute atomic E-state index is 0.00376. The zero-order chi connectivity index (χ0) is 16.8. The molecule has 2 fully saturated rings. The molecule has 1 saturated carbocycles. The maximum Gasteiger partial charge on any atom is 0.255 e. The van der Waals surface area contributed by atoms with Gasteiger partial charge < -0.3 is 14.7 Å². The van der Waals surface area contributed by atoms with Crippen molar-refractivity contribution in [3.63, 3.8) is 0 Å². The minimum Gasteiger partial charge on any atom is -0.473 e. The van der Waals surface area contributed by atoms with Crippen LogP contribution in [0, 0.1) is 0 Å². The van der Waals surface area contributed by atoms with Gasteiger partial charge in [0.15, 0.2) is 0 Å². The van der Waals surface area contributed by atoms with E-state index in [0.717, 1.165) is 43.6 Å². The van der Waals surface area contributed by atoms with E-state index in [1.54, 1.807) is 18.3 Å². The number of ether oxygens (including phenoxy) is 1. The number of aromatic nitrogens is 1.